The van der Waals surface area contributed by atoms with Gasteiger partial charge in [0.2, 0.25) is 0 Å². The Morgan fingerprint density at radius 1 is 1.00 bits per heavy atom. The number of hydrogen-bond donors (Lipinski definition) is 0. The van der Waals surface area contributed by atoms with Crippen LogP contribution in [0.25, 0.3) is 5.57 Å². The third-order valence-corrected chi connectivity index (χ3v) is 6.14. The zero-order valence-electron chi connectivity index (χ0n) is 18.9. The van der Waals surface area contributed by atoms with Gasteiger partial charge in [-0.1, -0.05) is 13.0 Å². The van der Waals surface area contributed by atoms with Crippen LogP contribution in [-0.4, -0.2) is 66.4 Å². The maximum absolute atomic E-state index is 13.7. The van der Waals surface area contributed by atoms with E-state index in [-0.39, 0.29) is 11.3 Å². The van der Waals surface area contributed by atoms with Crippen molar-refractivity contribution in [3.63, 3.8) is 0 Å². The highest BCUT2D eigenvalue weighted by atomic mass is 16.6. The zero-order valence-corrected chi connectivity index (χ0v) is 18.9. The van der Waals surface area contributed by atoms with Crippen LogP contribution in [0.3, 0.4) is 0 Å². The molecular weight excluding hydrogens is 424 g/mol. The number of likely N-dealkylation sites (N-methyl/N-ethyl adjacent to an activating group) is 1. The van der Waals surface area contributed by atoms with E-state index in [9.17, 15) is 19.7 Å². The van der Waals surface area contributed by atoms with Gasteiger partial charge in [0.1, 0.15) is 11.4 Å². The Morgan fingerprint density at radius 3 is 2.24 bits per heavy atom. The van der Waals surface area contributed by atoms with Crippen molar-refractivity contribution in [1.82, 2.24) is 9.80 Å². The first-order valence-corrected chi connectivity index (χ1v) is 10.9. The van der Waals surface area contributed by atoms with Gasteiger partial charge >= 0.3 is 0 Å². The normalized spacial score (nSPS) is 17.2. The largest absolute Gasteiger partial charge is 0.495 e. The second-order valence-electron chi connectivity index (χ2n) is 8.07. The van der Waals surface area contributed by atoms with Crippen molar-refractivity contribution in [1.29, 1.82) is 0 Å². The minimum absolute atomic E-state index is 0.0774. The fraction of sp³-hybridized carbons (Fsp3) is 0.333. The van der Waals surface area contributed by atoms with Gasteiger partial charge in [-0.15, -0.1) is 0 Å². The summed E-state index contributed by atoms with van der Waals surface area (Å²) in [6, 6.07) is 11.1. The molecule has 9 nitrogen and oxygen atoms in total. The van der Waals surface area contributed by atoms with Crippen LogP contribution in [0.5, 0.6) is 5.75 Å². The number of imide groups is 1. The van der Waals surface area contributed by atoms with Crippen LogP contribution >= 0.6 is 0 Å². The molecule has 4 rings (SSSR count). The topological polar surface area (TPSA) is 96.2 Å². The Bertz CT molecular complexity index is 1130. The maximum Gasteiger partial charge on any atom is 0.282 e. The van der Waals surface area contributed by atoms with Crippen LogP contribution in [-0.2, 0) is 9.59 Å². The molecule has 0 atom stereocenters. The molecule has 2 aliphatic rings. The first-order valence-electron chi connectivity index (χ1n) is 10.9. The second-order valence-corrected chi connectivity index (χ2v) is 8.07. The second kappa shape index (κ2) is 9.03. The number of benzene rings is 2. The van der Waals surface area contributed by atoms with Gasteiger partial charge < -0.3 is 14.5 Å². The monoisotopic (exact) mass is 450 g/mol. The molecule has 33 heavy (non-hydrogen) atoms. The number of amides is 2. The van der Waals surface area contributed by atoms with Gasteiger partial charge in [-0.3, -0.25) is 19.7 Å². The number of methoxy groups -OCH3 is 1. The summed E-state index contributed by atoms with van der Waals surface area (Å²) in [6.07, 6.45) is 0. The number of piperazine rings is 1. The van der Waals surface area contributed by atoms with Crippen molar-refractivity contribution in [2.75, 3.05) is 44.7 Å². The number of nitro benzene ring substituents is 1. The number of nitrogens with zero attached hydrogens (tertiary/aromatic N) is 4. The van der Waals surface area contributed by atoms with Gasteiger partial charge in [0.25, 0.3) is 17.5 Å². The predicted octanol–water partition coefficient (Wildman–Crippen LogP) is 2.83. The van der Waals surface area contributed by atoms with Crippen LogP contribution in [0.4, 0.5) is 11.4 Å². The van der Waals surface area contributed by atoms with Gasteiger partial charge in [-0.05, 0) is 48.9 Å². The fourth-order valence-corrected chi connectivity index (χ4v) is 4.30. The first kappa shape index (κ1) is 22.5. The minimum atomic E-state index is -0.491. The number of hydrogen-bond acceptors (Lipinski definition) is 7. The molecule has 9 heteroatoms. The first-order chi connectivity index (χ1) is 15.8. The summed E-state index contributed by atoms with van der Waals surface area (Å²) in [7, 11) is 1.49. The minimum Gasteiger partial charge on any atom is -0.495 e. The lowest BCUT2D eigenvalue weighted by atomic mass is 10.0. The van der Waals surface area contributed by atoms with Crippen molar-refractivity contribution in [3.05, 3.63) is 69.4 Å². The fourth-order valence-electron chi connectivity index (χ4n) is 4.30. The van der Waals surface area contributed by atoms with Crippen molar-refractivity contribution in [2.24, 2.45) is 0 Å². The molecule has 2 aliphatic heterocycles. The highest BCUT2D eigenvalue weighted by Gasteiger charge is 2.44. The quantitative estimate of drug-likeness (QED) is 0.379. The summed E-state index contributed by atoms with van der Waals surface area (Å²) in [6.45, 7) is 7.67. The van der Waals surface area contributed by atoms with Crippen LogP contribution in [0, 0.1) is 17.0 Å². The third-order valence-electron chi connectivity index (χ3n) is 6.14. The Kier molecular flexibility index (Phi) is 6.15. The summed E-state index contributed by atoms with van der Waals surface area (Å²) in [5, 5.41) is 11.1. The van der Waals surface area contributed by atoms with Gasteiger partial charge in [0, 0.05) is 38.3 Å². The smallest absolute Gasteiger partial charge is 0.282 e. The molecule has 2 heterocycles. The van der Waals surface area contributed by atoms with E-state index in [1.54, 1.807) is 12.1 Å². The number of anilines is 1. The molecule has 0 unspecified atom stereocenters. The standard InChI is InChI=1S/C24H26N4O5/c1-4-25-11-13-26(14-12-25)22-21(17-6-8-18(9-7-17)28(31)32)23(29)27(24(22)30)19-15-16(2)5-10-20(19)33-3/h5-10,15H,4,11-14H2,1-3H3. The van der Waals surface area contributed by atoms with E-state index in [0.717, 1.165) is 30.1 Å². The lowest BCUT2D eigenvalue weighted by Gasteiger charge is -2.36. The van der Waals surface area contributed by atoms with Crippen molar-refractivity contribution >= 4 is 28.8 Å². The van der Waals surface area contributed by atoms with Crippen LogP contribution in [0.1, 0.15) is 18.1 Å². The number of ether oxygens (including phenoxy) is 1. The van der Waals surface area contributed by atoms with Gasteiger partial charge in [0.15, 0.2) is 0 Å². The average Bonchev–Trinajstić information content (AvgIpc) is 3.08. The number of aryl methyl sites for hydroxylation is 1. The predicted molar refractivity (Wildman–Crippen MR) is 124 cm³/mol. The third kappa shape index (κ3) is 4.07. The molecule has 0 N–H and O–H groups in total. The molecule has 0 spiro atoms. The van der Waals surface area contributed by atoms with Crippen LogP contribution in [0.15, 0.2) is 48.2 Å². The highest BCUT2D eigenvalue weighted by Crippen LogP contribution is 2.39. The molecule has 0 saturated carbocycles. The number of carbonyl (C=O) groups is 2. The summed E-state index contributed by atoms with van der Waals surface area (Å²) < 4.78 is 5.44. The number of carbonyl (C=O) groups excluding carboxylic acids is 2. The van der Waals surface area contributed by atoms with Crippen molar-refractivity contribution in [3.8, 4) is 5.75 Å². The molecule has 2 amide bonds. The van der Waals surface area contributed by atoms with E-state index < -0.39 is 16.7 Å². The molecule has 1 saturated heterocycles. The summed E-state index contributed by atoms with van der Waals surface area (Å²) in [5.41, 5.74) is 2.24. The van der Waals surface area contributed by atoms with E-state index in [1.165, 1.54) is 31.4 Å². The van der Waals surface area contributed by atoms with Gasteiger partial charge in [-0.25, -0.2) is 4.90 Å². The molecule has 172 valence electrons. The molecule has 0 aromatic heterocycles. The Morgan fingerprint density at radius 2 is 1.67 bits per heavy atom. The molecule has 0 radical (unpaired) electrons. The molecule has 0 aliphatic carbocycles. The molecular formula is C24H26N4O5. The molecule has 0 bridgehead atoms. The number of rotatable bonds is 6. The number of non-ortho nitro benzene ring substituents is 1. The van der Waals surface area contributed by atoms with Gasteiger partial charge in [-0.2, -0.15) is 0 Å². The summed E-state index contributed by atoms with van der Waals surface area (Å²) in [4.78, 5) is 43.4. The summed E-state index contributed by atoms with van der Waals surface area (Å²) >= 11 is 0. The SMILES string of the molecule is CCN1CCN(C2=C(c3ccc([N+](=O)[O-])cc3)C(=O)N(c3cc(C)ccc3OC)C2=O)CC1. The van der Waals surface area contributed by atoms with E-state index in [0.29, 0.717) is 35.8 Å². The van der Waals surface area contributed by atoms with Crippen LogP contribution < -0.4 is 9.64 Å². The lowest BCUT2D eigenvalue weighted by Crippen LogP contribution is -2.47. The Balaban J connectivity index is 1.81. The Labute approximate surface area is 192 Å². The van der Waals surface area contributed by atoms with E-state index in [2.05, 4.69) is 11.8 Å². The van der Waals surface area contributed by atoms with E-state index in [1.807, 2.05) is 17.9 Å². The maximum atomic E-state index is 13.7. The lowest BCUT2D eigenvalue weighted by molar-refractivity contribution is -0.384. The molecule has 2 aromatic carbocycles. The van der Waals surface area contributed by atoms with E-state index in [4.69, 9.17) is 4.74 Å². The van der Waals surface area contributed by atoms with Crippen molar-refractivity contribution < 1.29 is 19.2 Å². The van der Waals surface area contributed by atoms with Gasteiger partial charge in [0.05, 0.1) is 23.3 Å². The molecule has 2 aromatic rings. The van der Waals surface area contributed by atoms with E-state index >= 15 is 0 Å². The summed E-state index contributed by atoms with van der Waals surface area (Å²) in [5.74, 6) is -0.463. The average molecular weight is 450 g/mol. The highest BCUT2D eigenvalue weighted by molar-refractivity contribution is 6.45. The zero-order chi connectivity index (χ0) is 23.7. The van der Waals surface area contributed by atoms with Crippen molar-refractivity contribution in [2.45, 2.75) is 13.8 Å². The molecule has 1 fully saturated rings. The Hall–Kier alpha value is -3.72. The number of nitro groups is 1. The van der Waals surface area contributed by atoms with Crippen LogP contribution in [0.2, 0.25) is 0 Å².